The summed E-state index contributed by atoms with van der Waals surface area (Å²) in [4.78, 5) is 0. The van der Waals surface area contributed by atoms with Gasteiger partial charge in [-0.3, -0.25) is 0 Å². The van der Waals surface area contributed by atoms with Crippen LogP contribution in [-0.2, 0) is 6.42 Å². The van der Waals surface area contributed by atoms with Crippen molar-refractivity contribution in [3.63, 3.8) is 0 Å². The lowest BCUT2D eigenvalue weighted by Crippen LogP contribution is -2.06. The van der Waals surface area contributed by atoms with Gasteiger partial charge in [-0.15, -0.1) is 0 Å². The fourth-order valence-electron chi connectivity index (χ4n) is 4.41. The first-order valence-corrected chi connectivity index (χ1v) is 10.5. The van der Waals surface area contributed by atoms with Gasteiger partial charge in [0.15, 0.2) is 0 Å². The quantitative estimate of drug-likeness (QED) is 0.320. The third kappa shape index (κ3) is 5.81. The lowest BCUT2D eigenvalue weighted by Gasteiger charge is -2.18. The van der Waals surface area contributed by atoms with Crippen LogP contribution < -0.4 is 0 Å². The molecule has 0 radical (unpaired) electrons. The number of unbranched alkanes of at least 4 members (excludes halogenated alkanes) is 4. The topological polar surface area (TPSA) is 40.5 Å². The Bertz CT molecular complexity index is 652. The maximum Gasteiger partial charge on any atom is 0.389 e. The van der Waals surface area contributed by atoms with Crippen LogP contribution in [0.1, 0.15) is 87.0 Å². The Morgan fingerprint density at radius 1 is 0.893 bits per heavy atom. The van der Waals surface area contributed by atoms with Crippen LogP contribution >= 0.6 is 0 Å². The standard InChI is InChI=1S/C23H35F3O2/c1-15-16(2)21(28)19(17(3)20(15)27)11-13-22(4)14-18(22)10-8-6-5-7-9-12-23(24,25)26/h18,27-28H,5-14H2,1-4H3/t18?,22-/m1/s1. The predicted molar refractivity (Wildman–Crippen MR) is 107 cm³/mol. The summed E-state index contributed by atoms with van der Waals surface area (Å²) in [6.45, 7) is 7.81. The molecule has 0 spiro atoms. The highest BCUT2D eigenvalue weighted by atomic mass is 19.4. The first kappa shape index (κ1) is 22.9. The zero-order valence-electron chi connectivity index (χ0n) is 17.7. The van der Waals surface area contributed by atoms with Crippen LogP contribution in [0.15, 0.2) is 0 Å². The second-order valence-electron chi connectivity index (χ2n) is 9.03. The van der Waals surface area contributed by atoms with Crippen molar-refractivity contribution in [3.05, 3.63) is 22.3 Å². The molecule has 1 unspecified atom stereocenters. The summed E-state index contributed by atoms with van der Waals surface area (Å²) >= 11 is 0. The fraction of sp³-hybridized carbons (Fsp3) is 0.739. The molecule has 1 aliphatic rings. The van der Waals surface area contributed by atoms with Crippen molar-refractivity contribution >= 4 is 0 Å². The van der Waals surface area contributed by atoms with Crippen LogP contribution in [0.5, 0.6) is 11.5 Å². The zero-order chi connectivity index (χ0) is 21.1. The van der Waals surface area contributed by atoms with Gasteiger partial charge in [0.2, 0.25) is 0 Å². The van der Waals surface area contributed by atoms with E-state index in [9.17, 15) is 23.4 Å². The molecule has 160 valence electrons. The molecule has 0 heterocycles. The Kier molecular flexibility index (Phi) is 7.33. The lowest BCUT2D eigenvalue weighted by atomic mass is 9.89. The molecule has 2 atom stereocenters. The first-order chi connectivity index (χ1) is 13.0. The van der Waals surface area contributed by atoms with Crippen LogP contribution in [0.25, 0.3) is 0 Å². The Labute approximate surface area is 167 Å². The highest BCUT2D eigenvalue weighted by molar-refractivity contribution is 5.56. The third-order valence-corrected chi connectivity index (χ3v) is 6.86. The maximum absolute atomic E-state index is 12.1. The van der Waals surface area contributed by atoms with Gasteiger partial charge in [0.05, 0.1) is 0 Å². The van der Waals surface area contributed by atoms with E-state index in [-0.39, 0.29) is 17.6 Å². The van der Waals surface area contributed by atoms with E-state index in [1.54, 1.807) is 0 Å². The van der Waals surface area contributed by atoms with E-state index < -0.39 is 12.6 Å². The Morgan fingerprint density at radius 3 is 2.11 bits per heavy atom. The second kappa shape index (κ2) is 8.96. The number of phenolic OH excluding ortho intramolecular Hbond substituents is 2. The molecule has 0 aromatic heterocycles. The van der Waals surface area contributed by atoms with E-state index >= 15 is 0 Å². The Hall–Kier alpha value is -1.39. The second-order valence-corrected chi connectivity index (χ2v) is 9.03. The van der Waals surface area contributed by atoms with E-state index in [1.807, 2.05) is 20.8 Å². The van der Waals surface area contributed by atoms with E-state index in [0.29, 0.717) is 18.1 Å². The molecular formula is C23H35F3O2. The molecule has 1 aromatic carbocycles. The van der Waals surface area contributed by atoms with Gasteiger partial charge in [0.25, 0.3) is 0 Å². The van der Waals surface area contributed by atoms with Crippen molar-refractivity contribution in [1.29, 1.82) is 0 Å². The van der Waals surface area contributed by atoms with Crippen molar-refractivity contribution in [2.75, 3.05) is 0 Å². The fourth-order valence-corrected chi connectivity index (χ4v) is 4.41. The molecule has 1 saturated carbocycles. The number of halogens is 3. The van der Waals surface area contributed by atoms with Gasteiger partial charge in [-0.05, 0) is 80.9 Å². The van der Waals surface area contributed by atoms with Gasteiger partial charge in [0.1, 0.15) is 11.5 Å². The van der Waals surface area contributed by atoms with Crippen molar-refractivity contribution in [3.8, 4) is 11.5 Å². The minimum Gasteiger partial charge on any atom is -0.507 e. The molecule has 0 saturated heterocycles. The van der Waals surface area contributed by atoms with E-state index in [0.717, 1.165) is 60.8 Å². The molecule has 1 fully saturated rings. The molecule has 0 aliphatic heterocycles. The maximum atomic E-state index is 12.1. The van der Waals surface area contributed by atoms with Gasteiger partial charge < -0.3 is 10.2 Å². The van der Waals surface area contributed by atoms with Crippen LogP contribution in [0.3, 0.4) is 0 Å². The number of hydrogen-bond acceptors (Lipinski definition) is 2. The monoisotopic (exact) mass is 400 g/mol. The summed E-state index contributed by atoms with van der Waals surface area (Å²) < 4.78 is 36.3. The van der Waals surface area contributed by atoms with E-state index in [2.05, 4.69) is 6.92 Å². The molecule has 1 aromatic rings. The van der Waals surface area contributed by atoms with Gasteiger partial charge in [-0.25, -0.2) is 0 Å². The van der Waals surface area contributed by atoms with Crippen LogP contribution in [0.2, 0.25) is 0 Å². The Morgan fingerprint density at radius 2 is 1.46 bits per heavy atom. The number of benzene rings is 1. The van der Waals surface area contributed by atoms with Gasteiger partial charge >= 0.3 is 6.18 Å². The number of hydrogen-bond donors (Lipinski definition) is 2. The molecule has 0 amide bonds. The molecule has 28 heavy (non-hydrogen) atoms. The summed E-state index contributed by atoms with van der Waals surface area (Å²) in [6, 6.07) is 0. The summed E-state index contributed by atoms with van der Waals surface area (Å²) in [5.74, 6) is 1.27. The number of alkyl halides is 3. The summed E-state index contributed by atoms with van der Waals surface area (Å²) in [7, 11) is 0. The minimum absolute atomic E-state index is 0.246. The summed E-state index contributed by atoms with van der Waals surface area (Å²) in [5.41, 5.74) is 3.41. The molecular weight excluding hydrogens is 365 g/mol. The summed E-state index contributed by atoms with van der Waals surface area (Å²) in [5, 5.41) is 20.7. The first-order valence-electron chi connectivity index (χ1n) is 10.5. The average molecular weight is 401 g/mol. The molecule has 1 aliphatic carbocycles. The van der Waals surface area contributed by atoms with E-state index in [4.69, 9.17) is 0 Å². The zero-order valence-corrected chi connectivity index (χ0v) is 17.7. The highest BCUT2D eigenvalue weighted by Gasteiger charge is 2.48. The van der Waals surface area contributed by atoms with E-state index in [1.165, 1.54) is 6.42 Å². The normalized spacial score (nSPS) is 21.9. The lowest BCUT2D eigenvalue weighted by molar-refractivity contribution is -0.135. The molecule has 2 nitrogen and oxygen atoms in total. The third-order valence-electron chi connectivity index (χ3n) is 6.86. The number of aromatic hydroxyl groups is 2. The minimum atomic E-state index is -4.02. The Balaban J connectivity index is 1.72. The highest BCUT2D eigenvalue weighted by Crippen LogP contribution is 2.58. The smallest absolute Gasteiger partial charge is 0.389 e. The van der Waals surface area contributed by atoms with Gasteiger partial charge in [0, 0.05) is 12.0 Å². The van der Waals surface area contributed by atoms with Crippen LogP contribution in [0, 0.1) is 32.1 Å². The van der Waals surface area contributed by atoms with Crippen LogP contribution in [-0.4, -0.2) is 16.4 Å². The van der Waals surface area contributed by atoms with Crippen molar-refractivity contribution in [1.82, 2.24) is 0 Å². The average Bonchev–Trinajstić information content (AvgIpc) is 3.26. The van der Waals surface area contributed by atoms with Crippen molar-refractivity contribution in [2.24, 2.45) is 11.3 Å². The predicted octanol–water partition coefficient (Wildman–Crippen LogP) is 7.27. The summed E-state index contributed by atoms with van der Waals surface area (Å²) in [6.07, 6.45) is 3.27. The molecule has 5 heteroatoms. The molecule has 2 N–H and O–H groups in total. The number of rotatable bonds is 10. The van der Waals surface area contributed by atoms with Crippen molar-refractivity contribution in [2.45, 2.75) is 98.1 Å². The van der Waals surface area contributed by atoms with Gasteiger partial charge in [-0.2, -0.15) is 13.2 Å². The molecule has 0 bridgehead atoms. The van der Waals surface area contributed by atoms with Gasteiger partial charge in [-0.1, -0.05) is 32.6 Å². The largest absolute Gasteiger partial charge is 0.507 e. The van der Waals surface area contributed by atoms with Crippen LogP contribution in [0.4, 0.5) is 13.2 Å². The number of phenols is 2. The SMILES string of the molecule is Cc1c(C)c(O)c(CC[C@]2(C)CC2CCCCCCCC(F)(F)F)c(C)c1O. The van der Waals surface area contributed by atoms with Crippen molar-refractivity contribution < 1.29 is 23.4 Å². The molecule has 2 rings (SSSR count).